The van der Waals surface area contributed by atoms with Gasteiger partial charge in [0.2, 0.25) is 0 Å². The molecule has 2 rings (SSSR count). The van der Waals surface area contributed by atoms with Crippen LogP contribution in [-0.2, 0) is 5.75 Å². The lowest BCUT2D eigenvalue weighted by atomic mass is 10.1. The molecule has 18 heavy (non-hydrogen) atoms. The largest absolute Gasteiger partial charge is 0.396 e. The number of halogens is 2. The lowest BCUT2D eigenvalue weighted by molar-refractivity contribution is 0.625. The van der Waals surface area contributed by atoms with Gasteiger partial charge in [0.05, 0.1) is 5.69 Å². The van der Waals surface area contributed by atoms with E-state index >= 15 is 0 Å². The Morgan fingerprint density at radius 3 is 2.61 bits per heavy atom. The van der Waals surface area contributed by atoms with Crippen molar-refractivity contribution in [2.24, 2.45) is 0 Å². The summed E-state index contributed by atoms with van der Waals surface area (Å²) >= 11 is 1.46. The second-order valence-electron chi connectivity index (χ2n) is 4.04. The van der Waals surface area contributed by atoms with Crippen molar-refractivity contribution in [3.63, 3.8) is 0 Å². The summed E-state index contributed by atoms with van der Waals surface area (Å²) in [5.74, 6) is -0.0666. The van der Waals surface area contributed by atoms with Gasteiger partial charge in [-0.3, -0.25) is 0 Å². The molecule has 0 saturated heterocycles. The number of hydrogen-bond acceptors (Lipinski definition) is 2. The van der Waals surface area contributed by atoms with Gasteiger partial charge in [-0.2, -0.15) is 0 Å². The number of anilines is 1. The van der Waals surface area contributed by atoms with E-state index in [9.17, 15) is 8.78 Å². The van der Waals surface area contributed by atoms with Crippen molar-refractivity contribution >= 4 is 17.4 Å². The molecule has 1 nitrogen and oxygen atoms in total. The summed E-state index contributed by atoms with van der Waals surface area (Å²) in [6.45, 7) is 1.93. The first-order chi connectivity index (χ1) is 8.56. The third-order valence-corrected chi connectivity index (χ3v) is 3.72. The van der Waals surface area contributed by atoms with E-state index in [0.29, 0.717) is 5.75 Å². The van der Waals surface area contributed by atoms with Crippen LogP contribution in [0.15, 0.2) is 41.3 Å². The summed E-state index contributed by atoms with van der Waals surface area (Å²) < 4.78 is 26.4. The Hall–Kier alpha value is -1.55. The maximum atomic E-state index is 13.3. The topological polar surface area (TPSA) is 26.0 Å². The molecule has 2 aromatic rings. The quantitative estimate of drug-likeness (QED) is 0.666. The van der Waals surface area contributed by atoms with E-state index in [0.717, 1.165) is 16.0 Å². The van der Waals surface area contributed by atoms with Crippen LogP contribution < -0.4 is 5.73 Å². The van der Waals surface area contributed by atoms with Gasteiger partial charge in [-0.05, 0) is 48.4 Å². The summed E-state index contributed by atoms with van der Waals surface area (Å²) in [5.41, 5.74) is 7.49. The molecule has 0 fully saturated rings. The Morgan fingerprint density at radius 1 is 1.11 bits per heavy atom. The standard InChI is InChI=1S/C14H13F2NS/c1-9-2-3-11(15)6-10(9)8-18-12-4-5-14(17)13(16)7-12/h2-7H,8,17H2,1H3. The highest BCUT2D eigenvalue weighted by Crippen LogP contribution is 2.26. The lowest BCUT2D eigenvalue weighted by Gasteiger charge is -2.06. The van der Waals surface area contributed by atoms with Crippen LogP contribution in [-0.4, -0.2) is 0 Å². The summed E-state index contributed by atoms with van der Waals surface area (Å²) in [6, 6.07) is 9.39. The summed E-state index contributed by atoms with van der Waals surface area (Å²) in [7, 11) is 0. The number of hydrogen-bond donors (Lipinski definition) is 1. The van der Waals surface area contributed by atoms with Crippen molar-refractivity contribution in [1.29, 1.82) is 0 Å². The molecule has 2 aromatic carbocycles. The van der Waals surface area contributed by atoms with Gasteiger partial charge in [-0.1, -0.05) is 6.07 Å². The van der Waals surface area contributed by atoms with Gasteiger partial charge in [-0.25, -0.2) is 8.78 Å². The minimum absolute atomic E-state index is 0.140. The van der Waals surface area contributed by atoms with Gasteiger partial charge < -0.3 is 5.73 Å². The van der Waals surface area contributed by atoms with Crippen LogP contribution in [0.25, 0.3) is 0 Å². The normalized spacial score (nSPS) is 10.6. The summed E-state index contributed by atoms with van der Waals surface area (Å²) in [4.78, 5) is 0.783. The van der Waals surface area contributed by atoms with E-state index < -0.39 is 5.82 Å². The van der Waals surface area contributed by atoms with Crippen LogP contribution >= 0.6 is 11.8 Å². The van der Waals surface area contributed by atoms with Gasteiger partial charge in [0, 0.05) is 10.6 Å². The van der Waals surface area contributed by atoms with Crippen molar-refractivity contribution < 1.29 is 8.78 Å². The van der Waals surface area contributed by atoms with Gasteiger partial charge in [-0.15, -0.1) is 11.8 Å². The monoisotopic (exact) mass is 265 g/mol. The number of aryl methyl sites for hydroxylation is 1. The van der Waals surface area contributed by atoms with E-state index in [-0.39, 0.29) is 11.5 Å². The average molecular weight is 265 g/mol. The van der Waals surface area contributed by atoms with Crippen LogP contribution in [0.5, 0.6) is 0 Å². The molecule has 0 radical (unpaired) electrons. The molecular weight excluding hydrogens is 252 g/mol. The van der Waals surface area contributed by atoms with Gasteiger partial charge in [0.15, 0.2) is 0 Å². The van der Waals surface area contributed by atoms with E-state index in [4.69, 9.17) is 5.73 Å². The maximum absolute atomic E-state index is 13.3. The Labute approximate surface area is 109 Å². The van der Waals surface area contributed by atoms with Crippen LogP contribution in [0.3, 0.4) is 0 Å². The number of nitrogen functional groups attached to an aromatic ring is 1. The molecule has 94 valence electrons. The predicted molar refractivity (Wildman–Crippen MR) is 71.5 cm³/mol. The first-order valence-corrected chi connectivity index (χ1v) is 6.47. The fourth-order valence-corrected chi connectivity index (χ4v) is 2.54. The molecule has 0 unspecified atom stereocenters. The number of rotatable bonds is 3. The van der Waals surface area contributed by atoms with Crippen molar-refractivity contribution in [3.8, 4) is 0 Å². The maximum Gasteiger partial charge on any atom is 0.147 e. The molecule has 0 aliphatic rings. The predicted octanol–water partition coefficient (Wildman–Crippen LogP) is 4.15. The molecule has 0 amide bonds. The average Bonchev–Trinajstić information content (AvgIpc) is 2.34. The Balaban J connectivity index is 2.11. The third kappa shape index (κ3) is 3.01. The number of nitrogens with two attached hydrogens (primary N) is 1. The molecule has 0 heterocycles. The number of thioether (sulfide) groups is 1. The van der Waals surface area contributed by atoms with Crippen molar-refractivity contribution in [2.45, 2.75) is 17.6 Å². The highest BCUT2D eigenvalue weighted by Gasteiger charge is 2.04. The fourth-order valence-electron chi connectivity index (χ4n) is 1.55. The second-order valence-corrected chi connectivity index (χ2v) is 5.09. The zero-order valence-electron chi connectivity index (χ0n) is 9.91. The van der Waals surface area contributed by atoms with E-state index in [1.807, 2.05) is 6.92 Å². The first-order valence-electron chi connectivity index (χ1n) is 5.49. The van der Waals surface area contributed by atoms with Crippen LogP contribution in [0, 0.1) is 18.6 Å². The zero-order valence-corrected chi connectivity index (χ0v) is 10.7. The van der Waals surface area contributed by atoms with Gasteiger partial charge >= 0.3 is 0 Å². The lowest BCUT2D eigenvalue weighted by Crippen LogP contribution is -1.91. The molecule has 4 heteroatoms. The fraction of sp³-hybridized carbons (Fsp3) is 0.143. The highest BCUT2D eigenvalue weighted by molar-refractivity contribution is 7.98. The number of benzene rings is 2. The van der Waals surface area contributed by atoms with Gasteiger partial charge in [0.1, 0.15) is 11.6 Å². The Morgan fingerprint density at radius 2 is 1.89 bits per heavy atom. The smallest absolute Gasteiger partial charge is 0.147 e. The molecule has 0 saturated carbocycles. The first kappa shape index (κ1) is 12.9. The minimum Gasteiger partial charge on any atom is -0.396 e. The highest BCUT2D eigenvalue weighted by atomic mass is 32.2. The minimum atomic E-state index is -0.420. The van der Waals surface area contributed by atoms with E-state index in [1.54, 1.807) is 12.1 Å². The zero-order chi connectivity index (χ0) is 13.1. The van der Waals surface area contributed by atoms with Gasteiger partial charge in [0.25, 0.3) is 0 Å². The molecule has 0 aliphatic heterocycles. The van der Waals surface area contributed by atoms with Crippen LogP contribution in [0.2, 0.25) is 0 Å². The molecule has 2 N–H and O–H groups in total. The summed E-state index contributed by atoms with van der Waals surface area (Å²) in [6.07, 6.45) is 0. The Kier molecular flexibility index (Phi) is 3.87. The second kappa shape index (κ2) is 5.40. The molecule has 0 spiro atoms. The SMILES string of the molecule is Cc1ccc(F)cc1CSc1ccc(N)c(F)c1. The molecule has 0 aromatic heterocycles. The van der Waals surface area contributed by atoms with Crippen LogP contribution in [0.4, 0.5) is 14.5 Å². The van der Waals surface area contributed by atoms with Crippen LogP contribution in [0.1, 0.15) is 11.1 Å². The third-order valence-electron chi connectivity index (χ3n) is 2.68. The van der Waals surface area contributed by atoms with Crippen molar-refractivity contribution in [1.82, 2.24) is 0 Å². The molecule has 0 atom stereocenters. The van der Waals surface area contributed by atoms with E-state index in [2.05, 4.69) is 0 Å². The molecule has 0 bridgehead atoms. The summed E-state index contributed by atoms with van der Waals surface area (Å²) in [5, 5.41) is 0. The van der Waals surface area contributed by atoms with Crippen molar-refractivity contribution in [2.75, 3.05) is 5.73 Å². The van der Waals surface area contributed by atoms with E-state index in [1.165, 1.54) is 36.0 Å². The molecular formula is C14H13F2NS. The molecule has 0 aliphatic carbocycles. The van der Waals surface area contributed by atoms with Crippen molar-refractivity contribution in [3.05, 3.63) is 59.2 Å². The Bertz CT molecular complexity index is 570.